The van der Waals surface area contributed by atoms with Crippen LogP contribution in [0.25, 0.3) is 0 Å². The third kappa shape index (κ3) is 3.14. The van der Waals surface area contributed by atoms with E-state index >= 15 is 0 Å². The van der Waals surface area contributed by atoms with Crippen LogP contribution >= 0.6 is 0 Å². The maximum absolute atomic E-state index is 9.05. The summed E-state index contributed by atoms with van der Waals surface area (Å²) < 4.78 is 0. The predicted octanol–water partition coefficient (Wildman–Crippen LogP) is 0.673. The van der Waals surface area contributed by atoms with Crippen LogP contribution in [-0.2, 0) is 0 Å². The van der Waals surface area contributed by atoms with E-state index in [1.165, 1.54) is 6.08 Å². The predicted molar refractivity (Wildman–Crippen MR) is 40.4 cm³/mol. The Morgan fingerprint density at radius 2 is 2.00 bits per heavy atom. The fourth-order valence-corrected chi connectivity index (χ4v) is 0.420. The summed E-state index contributed by atoms with van der Waals surface area (Å²) in [5.41, 5.74) is 6.31. The van der Waals surface area contributed by atoms with E-state index in [1.54, 1.807) is 13.8 Å². The first-order valence-electron chi connectivity index (χ1n) is 3.01. The average Bonchev–Trinajstić information content (AvgIpc) is 1.85. The number of nitrogens with two attached hydrogens (primary N) is 1. The highest BCUT2D eigenvalue weighted by Crippen LogP contribution is 2.01. The SMILES string of the molecule is C/C(CO)=C(O)\C=C(/C)N. The van der Waals surface area contributed by atoms with Crippen molar-refractivity contribution in [3.63, 3.8) is 0 Å². The molecule has 0 spiro atoms. The first-order valence-corrected chi connectivity index (χ1v) is 3.01. The normalized spacial score (nSPS) is 14.9. The molecule has 0 aromatic heterocycles. The molecule has 0 heterocycles. The Kier molecular flexibility index (Phi) is 3.57. The van der Waals surface area contributed by atoms with Crippen molar-refractivity contribution in [3.8, 4) is 0 Å². The summed E-state index contributed by atoms with van der Waals surface area (Å²) in [5, 5.41) is 17.6. The van der Waals surface area contributed by atoms with Crippen LogP contribution in [0.5, 0.6) is 0 Å². The maximum atomic E-state index is 9.05. The molecule has 3 heteroatoms. The Balaban J connectivity index is 4.33. The minimum atomic E-state index is -0.143. The second-order valence-corrected chi connectivity index (χ2v) is 2.21. The molecule has 0 aromatic rings. The topological polar surface area (TPSA) is 66.5 Å². The Bertz CT molecular complexity index is 166. The molecule has 0 saturated carbocycles. The van der Waals surface area contributed by atoms with Gasteiger partial charge in [0, 0.05) is 5.70 Å². The molecule has 3 nitrogen and oxygen atoms in total. The maximum Gasteiger partial charge on any atom is 0.118 e. The summed E-state index contributed by atoms with van der Waals surface area (Å²) in [6, 6.07) is 0. The van der Waals surface area contributed by atoms with Gasteiger partial charge in [0.15, 0.2) is 0 Å². The fraction of sp³-hybridized carbons (Fsp3) is 0.429. The lowest BCUT2D eigenvalue weighted by Gasteiger charge is -1.97. The lowest BCUT2D eigenvalue weighted by Crippen LogP contribution is -1.95. The van der Waals surface area contributed by atoms with Gasteiger partial charge in [-0.25, -0.2) is 0 Å². The summed E-state index contributed by atoms with van der Waals surface area (Å²) in [6.07, 6.45) is 1.41. The summed E-state index contributed by atoms with van der Waals surface area (Å²) in [6.45, 7) is 3.16. The largest absolute Gasteiger partial charge is 0.508 e. The number of hydrogen-bond donors (Lipinski definition) is 3. The molecule has 4 N–H and O–H groups in total. The molecule has 0 aliphatic rings. The Morgan fingerprint density at radius 3 is 2.30 bits per heavy atom. The summed E-state index contributed by atoms with van der Waals surface area (Å²) in [5.74, 6) is 0.0440. The van der Waals surface area contributed by atoms with E-state index in [-0.39, 0.29) is 12.4 Å². The molecular weight excluding hydrogens is 130 g/mol. The van der Waals surface area contributed by atoms with Crippen molar-refractivity contribution in [2.75, 3.05) is 6.61 Å². The molecule has 0 atom stereocenters. The zero-order valence-corrected chi connectivity index (χ0v) is 6.26. The van der Waals surface area contributed by atoms with Gasteiger partial charge in [0.2, 0.25) is 0 Å². The van der Waals surface area contributed by atoms with Crippen LogP contribution in [0.2, 0.25) is 0 Å². The van der Waals surface area contributed by atoms with Crippen molar-refractivity contribution in [1.82, 2.24) is 0 Å². The van der Waals surface area contributed by atoms with Gasteiger partial charge in [0.1, 0.15) is 5.76 Å². The minimum absolute atomic E-state index is 0.0440. The van der Waals surface area contributed by atoms with Gasteiger partial charge in [-0.3, -0.25) is 0 Å². The lowest BCUT2D eigenvalue weighted by atomic mass is 10.2. The highest BCUT2D eigenvalue weighted by molar-refractivity contribution is 5.19. The number of aliphatic hydroxyl groups excluding tert-OH is 2. The zero-order chi connectivity index (χ0) is 8.15. The van der Waals surface area contributed by atoms with Gasteiger partial charge in [-0.05, 0) is 25.5 Å². The van der Waals surface area contributed by atoms with E-state index in [0.717, 1.165) is 0 Å². The molecule has 0 rings (SSSR count). The first-order chi connectivity index (χ1) is 4.57. The van der Waals surface area contributed by atoms with Gasteiger partial charge in [0.05, 0.1) is 6.61 Å². The van der Waals surface area contributed by atoms with E-state index in [0.29, 0.717) is 11.3 Å². The van der Waals surface area contributed by atoms with Crippen LogP contribution in [0, 0.1) is 0 Å². The molecule has 0 unspecified atom stereocenters. The second kappa shape index (κ2) is 3.95. The smallest absolute Gasteiger partial charge is 0.118 e. The molecule has 0 amide bonds. The van der Waals surface area contributed by atoms with E-state index in [2.05, 4.69) is 0 Å². The van der Waals surface area contributed by atoms with Gasteiger partial charge in [-0.15, -0.1) is 0 Å². The molecular formula is C7H13NO2. The number of hydrogen-bond acceptors (Lipinski definition) is 3. The van der Waals surface area contributed by atoms with Gasteiger partial charge in [0.25, 0.3) is 0 Å². The Hall–Kier alpha value is -0.960. The highest BCUT2D eigenvalue weighted by Gasteiger charge is 1.93. The van der Waals surface area contributed by atoms with Crippen molar-refractivity contribution >= 4 is 0 Å². The van der Waals surface area contributed by atoms with Crippen molar-refractivity contribution < 1.29 is 10.2 Å². The van der Waals surface area contributed by atoms with Crippen LogP contribution in [0.3, 0.4) is 0 Å². The molecule has 0 radical (unpaired) electrons. The Morgan fingerprint density at radius 1 is 1.50 bits per heavy atom. The standard InChI is InChI=1S/C7H13NO2/c1-5(4-9)7(10)3-6(2)8/h3,9-10H,4,8H2,1-2H3/b6-3+,7-5-. The summed E-state index contributed by atoms with van der Waals surface area (Å²) in [7, 11) is 0. The third-order valence-corrected chi connectivity index (χ3v) is 1.04. The zero-order valence-electron chi connectivity index (χ0n) is 6.26. The van der Waals surface area contributed by atoms with Gasteiger partial charge >= 0.3 is 0 Å². The fourth-order valence-electron chi connectivity index (χ4n) is 0.420. The van der Waals surface area contributed by atoms with Crippen molar-refractivity contribution in [3.05, 3.63) is 23.1 Å². The van der Waals surface area contributed by atoms with Crippen LogP contribution in [0.1, 0.15) is 13.8 Å². The molecule has 58 valence electrons. The third-order valence-electron chi connectivity index (χ3n) is 1.04. The van der Waals surface area contributed by atoms with Crippen molar-refractivity contribution in [2.45, 2.75) is 13.8 Å². The monoisotopic (exact) mass is 143 g/mol. The van der Waals surface area contributed by atoms with Crippen molar-refractivity contribution in [1.29, 1.82) is 0 Å². The molecule has 0 saturated heterocycles. The number of rotatable bonds is 2. The van der Waals surface area contributed by atoms with Crippen molar-refractivity contribution in [2.24, 2.45) is 5.73 Å². The second-order valence-electron chi connectivity index (χ2n) is 2.21. The molecule has 0 bridgehead atoms. The lowest BCUT2D eigenvalue weighted by molar-refractivity contribution is 0.318. The Labute approximate surface area is 60.5 Å². The van der Waals surface area contributed by atoms with Gasteiger partial charge < -0.3 is 15.9 Å². The summed E-state index contributed by atoms with van der Waals surface area (Å²) in [4.78, 5) is 0. The minimum Gasteiger partial charge on any atom is -0.508 e. The number of aliphatic hydroxyl groups is 2. The van der Waals surface area contributed by atoms with E-state index in [1.807, 2.05) is 0 Å². The highest BCUT2D eigenvalue weighted by atomic mass is 16.3. The van der Waals surface area contributed by atoms with Gasteiger partial charge in [-0.2, -0.15) is 0 Å². The van der Waals surface area contributed by atoms with Crippen LogP contribution in [0.4, 0.5) is 0 Å². The van der Waals surface area contributed by atoms with Crippen LogP contribution in [0.15, 0.2) is 23.1 Å². The average molecular weight is 143 g/mol. The quantitative estimate of drug-likeness (QED) is 0.393. The van der Waals surface area contributed by atoms with Crippen LogP contribution in [-0.4, -0.2) is 16.8 Å². The van der Waals surface area contributed by atoms with E-state index in [9.17, 15) is 0 Å². The summed E-state index contributed by atoms with van der Waals surface area (Å²) >= 11 is 0. The van der Waals surface area contributed by atoms with Crippen LogP contribution < -0.4 is 5.73 Å². The molecule has 0 aliphatic carbocycles. The molecule has 0 fully saturated rings. The number of allylic oxidation sites excluding steroid dienone is 2. The molecule has 0 aromatic carbocycles. The first kappa shape index (κ1) is 9.04. The van der Waals surface area contributed by atoms with Gasteiger partial charge in [-0.1, -0.05) is 0 Å². The molecule has 0 aliphatic heterocycles. The molecule has 10 heavy (non-hydrogen) atoms. The van der Waals surface area contributed by atoms with E-state index in [4.69, 9.17) is 15.9 Å². The van der Waals surface area contributed by atoms with E-state index < -0.39 is 0 Å².